The summed E-state index contributed by atoms with van der Waals surface area (Å²) in [7, 11) is 0. The van der Waals surface area contributed by atoms with Crippen LogP contribution in [0.25, 0.3) is 11.1 Å². The van der Waals surface area contributed by atoms with Gasteiger partial charge in [-0.1, -0.05) is 48.0 Å². The molecule has 0 unspecified atom stereocenters. The van der Waals surface area contributed by atoms with Gasteiger partial charge in [-0.25, -0.2) is 14.6 Å². The molecule has 4 aromatic rings. The van der Waals surface area contributed by atoms with Crippen molar-refractivity contribution in [3.63, 3.8) is 0 Å². The summed E-state index contributed by atoms with van der Waals surface area (Å²) in [4.78, 5) is 24.8. The summed E-state index contributed by atoms with van der Waals surface area (Å²) in [6.07, 6.45) is 0.537. The Kier molecular flexibility index (Phi) is 7.90. The molecule has 2 N–H and O–H groups in total. The van der Waals surface area contributed by atoms with Crippen LogP contribution in [-0.2, 0) is 13.2 Å². The van der Waals surface area contributed by atoms with E-state index in [0.717, 1.165) is 38.3 Å². The third-order valence-electron chi connectivity index (χ3n) is 5.82. The molecule has 9 heteroatoms. The van der Waals surface area contributed by atoms with Gasteiger partial charge in [-0.15, -0.1) is 4.74 Å². The van der Waals surface area contributed by atoms with Crippen molar-refractivity contribution in [2.75, 3.05) is 6.61 Å². The summed E-state index contributed by atoms with van der Waals surface area (Å²) < 4.78 is 17.5. The third-order valence-corrected chi connectivity index (χ3v) is 6.27. The summed E-state index contributed by atoms with van der Waals surface area (Å²) >= 11 is 6.78. The van der Waals surface area contributed by atoms with Crippen molar-refractivity contribution in [3.05, 3.63) is 103 Å². The standard InChI is InChI=1S/C28H29ClN2O6/c1-18-15-22(35-14-13-28(2,3)34)11-12-23(18)24-6-4-5-20(25(24)29)17-36-21-9-7-19(8-10-21)16-31-26(32)30-27(33)37-31/h4-12,15,34H,13-14,16-17H2,1-3H3,(H,30,32,33). The zero-order chi connectivity index (χ0) is 26.6. The summed E-state index contributed by atoms with van der Waals surface area (Å²) in [5.74, 6) is 0.593. The lowest BCUT2D eigenvalue weighted by Gasteiger charge is -2.18. The first-order valence-electron chi connectivity index (χ1n) is 11.8. The average molecular weight is 525 g/mol. The van der Waals surface area contributed by atoms with Crippen molar-refractivity contribution in [1.29, 1.82) is 0 Å². The second-order valence-corrected chi connectivity index (χ2v) is 9.82. The number of aromatic amines is 1. The molecule has 3 aromatic carbocycles. The highest BCUT2D eigenvalue weighted by Gasteiger charge is 2.14. The van der Waals surface area contributed by atoms with Crippen molar-refractivity contribution in [1.82, 2.24) is 9.72 Å². The Morgan fingerprint density at radius 2 is 1.73 bits per heavy atom. The van der Waals surface area contributed by atoms with Gasteiger partial charge in [0.05, 0.1) is 23.8 Å². The normalized spacial score (nSPS) is 11.5. The molecule has 0 amide bonds. The minimum atomic E-state index is -0.786. The molecule has 0 aliphatic carbocycles. The smallest absolute Gasteiger partial charge is 0.440 e. The van der Waals surface area contributed by atoms with Gasteiger partial charge in [-0.05, 0) is 61.7 Å². The maximum absolute atomic E-state index is 11.6. The maximum Gasteiger partial charge on any atom is 0.440 e. The van der Waals surface area contributed by atoms with E-state index in [0.29, 0.717) is 23.8 Å². The number of hydrogen-bond acceptors (Lipinski definition) is 6. The molecule has 37 heavy (non-hydrogen) atoms. The first-order valence-corrected chi connectivity index (χ1v) is 12.2. The highest BCUT2D eigenvalue weighted by atomic mass is 35.5. The van der Waals surface area contributed by atoms with Gasteiger partial charge in [0.1, 0.15) is 18.1 Å². The summed E-state index contributed by atoms with van der Waals surface area (Å²) in [6.45, 7) is 6.36. The van der Waals surface area contributed by atoms with E-state index in [1.807, 2.05) is 43.3 Å². The van der Waals surface area contributed by atoms with Gasteiger partial charge in [0.25, 0.3) is 0 Å². The predicted molar refractivity (Wildman–Crippen MR) is 141 cm³/mol. The van der Waals surface area contributed by atoms with E-state index >= 15 is 0 Å². The number of nitrogens with one attached hydrogen (secondary N) is 1. The molecule has 0 spiro atoms. The third kappa shape index (κ3) is 6.93. The van der Waals surface area contributed by atoms with Crippen molar-refractivity contribution < 1.29 is 19.1 Å². The highest BCUT2D eigenvalue weighted by molar-refractivity contribution is 6.34. The van der Waals surface area contributed by atoms with E-state index in [-0.39, 0.29) is 13.2 Å². The number of halogens is 1. The van der Waals surface area contributed by atoms with Crippen LogP contribution in [-0.4, -0.2) is 27.0 Å². The van der Waals surface area contributed by atoms with Crippen LogP contribution in [0.2, 0.25) is 5.02 Å². The number of aromatic nitrogens is 2. The number of nitrogens with zero attached hydrogens (tertiary/aromatic N) is 1. The van der Waals surface area contributed by atoms with Crippen LogP contribution in [0.4, 0.5) is 0 Å². The summed E-state index contributed by atoms with van der Waals surface area (Å²) in [6, 6.07) is 18.8. The van der Waals surface area contributed by atoms with Gasteiger partial charge in [0.15, 0.2) is 0 Å². The lowest BCUT2D eigenvalue weighted by Crippen LogP contribution is -2.21. The molecule has 0 saturated carbocycles. The summed E-state index contributed by atoms with van der Waals surface area (Å²) in [5, 5.41) is 10.5. The molecule has 0 atom stereocenters. The van der Waals surface area contributed by atoms with Gasteiger partial charge in [0.2, 0.25) is 0 Å². The number of H-pyrrole nitrogens is 1. The number of benzene rings is 3. The first-order chi connectivity index (χ1) is 17.6. The topological polar surface area (TPSA) is 107 Å². The maximum atomic E-state index is 11.6. The van der Waals surface area contributed by atoms with Gasteiger partial charge >= 0.3 is 11.4 Å². The van der Waals surface area contributed by atoms with Crippen LogP contribution in [0.3, 0.4) is 0 Å². The van der Waals surface area contributed by atoms with E-state index in [4.69, 9.17) is 25.6 Å². The minimum absolute atomic E-state index is 0.133. The fourth-order valence-electron chi connectivity index (χ4n) is 3.78. The molecule has 0 aliphatic rings. The molecular weight excluding hydrogens is 496 g/mol. The van der Waals surface area contributed by atoms with Crippen LogP contribution >= 0.6 is 11.6 Å². The predicted octanol–water partition coefficient (Wildman–Crippen LogP) is 4.93. The van der Waals surface area contributed by atoms with Crippen LogP contribution < -0.4 is 20.9 Å². The van der Waals surface area contributed by atoms with Gasteiger partial charge in [-0.2, -0.15) is 0 Å². The second kappa shape index (κ2) is 11.1. The van der Waals surface area contributed by atoms with Crippen molar-refractivity contribution in [2.45, 2.75) is 45.9 Å². The minimum Gasteiger partial charge on any atom is -0.493 e. The number of hydrogen-bond donors (Lipinski definition) is 2. The molecule has 0 radical (unpaired) electrons. The Balaban J connectivity index is 1.41. The zero-order valence-electron chi connectivity index (χ0n) is 20.9. The number of aryl methyl sites for hydroxylation is 1. The van der Waals surface area contributed by atoms with Crippen LogP contribution in [0.5, 0.6) is 11.5 Å². The monoisotopic (exact) mass is 524 g/mol. The quantitative estimate of drug-likeness (QED) is 0.305. The average Bonchev–Trinajstić information content (AvgIpc) is 3.15. The fourth-order valence-corrected chi connectivity index (χ4v) is 4.06. The van der Waals surface area contributed by atoms with Crippen LogP contribution in [0.15, 0.2) is 74.8 Å². The zero-order valence-corrected chi connectivity index (χ0v) is 21.7. The summed E-state index contributed by atoms with van der Waals surface area (Å²) in [5.41, 5.74) is 3.18. The number of ether oxygens (including phenoxy) is 2. The molecule has 0 bridgehead atoms. The van der Waals surface area contributed by atoms with Gasteiger partial charge in [0, 0.05) is 17.5 Å². The SMILES string of the molecule is Cc1cc(OCCC(C)(C)O)ccc1-c1cccc(COc2ccc(Cn3oc(=O)[nH]c3=O)cc2)c1Cl. The molecule has 1 aromatic heterocycles. The Hall–Kier alpha value is -3.75. The molecule has 8 nitrogen and oxygen atoms in total. The van der Waals surface area contributed by atoms with E-state index in [9.17, 15) is 14.7 Å². The second-order valence-electron chi connectivity index (χ2n) is 9.44. The molecule has 0 aliphatic heterocycles. The molecule has 0 fully saturated rings. The fraction of sp³-hybridized carbons (Fsp3) is 0.286. The van der Waals surface area contributed by atoms with E-state index < -0.39 is 17.0 Å². The Bertz CT molecular complexity index is 1480. The number of rotatable bonds is 10. The molecule has 194 valence electrons. The van der Waals surface area contributed by atoms with E-state index in [1.165, 1.54) is 0 Å². The lowest BCUT2D eigenvalue weighted by atomic mass is 9.98. The van der Waals surface area contributed by atoms with Crippen molar-refractivity contribution in [2.24, 2.45) is 0 Å². The largest absolute Gasteiger partial charge is 0.493 e. The molecular formula is C28H29ClN2O6. The molecule has 0 saturated heterocycles. The Morgan fingerprint density at radius 1 is 1.00 bits per heavy atom. The van der Waals surface area contributed by atoms with Gasteiger partial charge in [-0.3, -0.25) is 0 Å². The Labute approximate surface area is 219 Å². The van der Waals surface area contributed by atoms with Crippen molar-refractivity contribution >= 4 is 11.6 Å². The van der Waals surface area contributed by atoms with Crippen LogP contribution in [0, 0.1) is 6.92 Å². The van der Waals surface area contributed by atoms with E-state index in [1.54, 1.807) is 38.1 Å². The highest BCUT2D eigenvalue weighted by Crippen LogP contribution is 2.35. The molecule has 1 heterocycles. The van der Waals surface area contributed by atoms with E-state index in [2.05, 4.69) is 4.98 Å². The Morgan fingerprint density at radius 3 is 2.38 bits per heavy atom. The van der Waals surface area contributed by atoms with Crippen LogP contribution in [0.1, 0.15) is 37.0 Å². The van der Waals surface area contributed by atoms with Gasteiger partial charge < -0.3 is 19.1 Å². The lowest BCUT2D eigenvalue weighted by molar-refractivity contribution is 0.0553. The van der Waals surface area contributed by atoms with Crippen molar-refractivity contribution in [3.8, 4) is 22.6 Å². The molecule has 4 rings (SSSR count). The number of aliphatic hydroxyl groups is 1. The first kappa shape index (κ1) is 26.3.